The molecule has 184 valence electrons. The molecule has 4 aromatic rings. The molecule has 0 radical (unpaired) electrons. The van der Waals surface area contributed by atoms with E-state index in [1.807, 2.05) is 109 Å². The molecule has 7 heteroatoms. The van der Waals surface area contributed by atoms with Gasteiger partial charge in [0, 0.05) is 22.3 Å². The molecule has 4 aromatic carbocycles. The van der Waals surface area contributed by atoms with Crippen molar-refractivity contribution in [3.8, 4) is 0 Å². The minimum atomic E-state index is -3.67. The molecule has 0 aliphatic heterocycles. The maximum Gasteiger partial charge on any atom is 0.261 e. The molecule has 36 heavy (non-hydrogen) atoms. The molecule has 0 saturated carbocycles. The van der Waals surface area contributed by atoms with Crippen molar-refractivity contribution in [2.45, 2.75) is 13.2 Å². The zero-order chi connectivity index (χ0) is 26.0. The van der Waals surface area contributed by atoms with Crippen LogP contribution in [0.3, 0.4) is 0 Å². The topological polar surface area (TPSA) is 97.7 Å². The SMILES string of the molecule is CS(=O)(=O)O.O=C(c1ccccc1)c1ccc(COCc2ccc(C(=O)c3ccccc3)cc2)cc1. The average Bonchev–Trinajstić information content (AvgIpc) is 2.89. The third kappa shape index (κ3) is 8.70. The highest BCUT2D eigenvalue weighted by atomic mass is 32.2. The fourth-order valence-corrected chi connectivity index (χ4v) is 3.30. The van der Waals surface area contributed by atoms with Crippen molar-refractivity contribution < 1.29 is 27.3 Å². The molecular weight excluding hydrogens is 476 g/mol. The van der Waals surface area contributed by atoms with Crippen LogP contribution in [-0.4, -0.2) is 30.8 Å². The van der Waals surface area contributed by atoms with Crippen molar-refractivity contribution in [2.75, 3.05) is 6.26 Å². The molecule has 0 fully saturated rings. The summed E-state index contributed by atoms with van der Waals surface area (Å²) in [5.41, 5.74) is 4.68. The standard InChI is InChI=1S/C28H22O3.CH4O3S/c29-27(23-7-3-1-4-8-23)25-15-11-21(12-16-25)19-31-20-22-13-17-26(18-14-22)28(30)24-9-5-2-6-10-24;1-5(2,3)4/h1-18H,19-20H2;1H3,(H,2,3,4). The highest BCUT2D eigenvalue weighted by Crippen LogP contribution is 2.14. The smallest absolute Gasteiger partial charge is 0.261 e. The van der Waals surface area contributed by atoms with E-state index in [1.165, 1.54) is 0 Å². The molecule has 1 N–H and O–H groups in total. The van der Waals surface area contributed by atoms with Crippen LogP contribution in [0.15, 0.2) is 109 Å². The van der Waals surface area contributed by atoms with Crippen molar-refractivity contribution in [2.24, 2.45) is 0 Å². The molecule has 0 bridgehead atoms. The van der Waals surface area contributed by atoms with Crippen molar-refractivity contribution in [1.82, 2.24) is 0 Å². The number of carbonyl (C=O) groups is 2. The number of carbonyl (C=O) groups excluding carboxylic acids is 2. The molecule has 6 nitrogen and oxygen atoms in total. The molecule has 4 rings (SSSR count). The van der Waals surface area contributed by atoms with E-state index in [0.717, 1.165) is 11.1 Å². The van der Waals surface area contributed by atoms with Crippen molar-refractivity contribution in [3.63, 3.8) is 0 Å². The predicted octanol–water partition coefficient (Wildman–Crippen LogP) is 5.37. The zero-order valence-corrected chi connectivity index (χ0v) is 20.5. The molecule has 0 atom stereocenters. The normalized spacial score (nSPS) is 10.7. The number of ether oxygens (including phenoxy) is 1. The molecule has 0 saturated heterocycles. The summed E-state index contributed by atoms with van der Waals surface area (Å²) in [5.74, 6) is 0.0245. The Kier molecular flexibility index (Phi) is 9.41. The van der Waals surface area contributed by atoms with E-state index in [9.17, 15) is 18.0 Å². The second-order valence-electron chi connectivity index (χ2n) is 8.01. The maximum atomic E-state index is 12.5. The predicted molar refractivity (Wildman–Crippen MR) is 139 cm³/mol. The lowest BCUT2D eigenvalue weighted by Crippen LogP contribution is -2.02. The van der Waals surface area contributed by atoms with Crippen LogP contribution in [-0.2, 0) is 28.1 Å². The van der Waals surface area contributed by atoms with E-state index in [-0.39, 0.29) is 11.6 Å². The summed E-state index contributed by atoms with van der Waals surface area (Å²) in [7, 11) is -3.67. The summed E-state index contributed by atoms with van der Waals surface area (Å²) < 4.78 is 31.7. The van der Waals surface area contributed by atoms with E-state index < -0.39 is 10.1 Å². The Morgan fingerprint density at radius 1 is 0.583 bits per heavy atom. The Hall–Kier alpha value is -3.91. The van der Waals surface area contributed by atoms with Gasteiger partial charge in [-0.2, -0.15) is 8.42 Å². The number of hydrogen-bond acceptors (Lipinski definition) is 5. The highest BCUT2D eigenvalue weighted by Gasteiger charge is 2.09. The van der Waals surface area contributed by atoms with Gasteiger partial charge in [0.05, 0.1) is 19.5 Å². The van der Waals surface area contributed by atoms with Gasteiger partial charge in [0.15, 0.2) is 11.6 Å². The summed E-state index contributed by atoms with van der Waals surface area (Å²) in [5, 5.41) is 0. The Labute approximate surface area is 210 Å². The van der Waals surface area contributed by atoms with Crippen LogP contribution < -0.4 is 0 Å². The summed E-state index contributed by atoms with van der Waals surface area (Å²) in [6.07, 6.45) is 0.715. The monoisotopic (exact) mass is 502 g/mol. The van der Waals surface area contributed by atoms with Gasteiger partial charge >= 0.3 is 0 Å². The van der Waals surface area contributed by atoms with E-state index >= 15 is 0 Å². The number of rotatable bonds is 8. The van der Waals surface area contributed by atoms with E-state index in [4.69, 9.17) is 9.29 Å². The number of hydrogen-bond donors (Lipinski definition) is 1. The van der Waals surface area contributed by atoms with Gasteiger partial charge in [0.1, 0.15) is 0 Å². The van der Waals surface area contributed by atoms with Gasteiger partial charge < -0.3 is 4.74 Å². The van der Waals surface area contributed by atoms with Crippen molar-refractivity contribution in [3.05, 3.63) is 143 Å². The van der Waals surface area contributed by atoms with Crippen LogP contribution in [0.2, 0.25) is 0 Å². The van der Waals surface area contributed by atoms with Gasteiger partial charge in [-0.3, -0.25) is 14.1 Å². The van der Waals surface area contributed by atoms with Crippen LogP contribution in [0.4, 0.5) is 0 Å². The second-order valence-corrected chi connectivity index (χ2v) is 9.48. The minimum absolute atomic E-state index is 0.0122. The summed E-state index contributed by atoms with van der Waals surface area (Å²) in [4.78, 5) is 24.9. The van der Waals surface area contributed by atoms with Crippen LogP contribution >= 0.6 is 0 Å². The van der Waals surface area contributed by atoms with Gasteiger partial charge in [0.2, 0.25) is 0 Å². The second kappa shape index (κ2) is 12.7. The number of ketones is 2. The molecule has 0 heterocycles. The molecule has 0 aliphatic rings. The molecule has 0 amide bonds. The summed E-state index contributed by atoms with van der Waals surface area (Å²) >= 11 is 0. The van der Waals surface area contributed by atoms with Gasteiger partial charge in [0.25, 0.3) is 10.1 Å². The van der Waals surface area contributed by atoms with Crippen molar-refractivity contribution in [1.29, 1.82) is 0 Å². The molecular formula is C29H26O6S. The first-order valence-electron chi connectivity index (χ1n) is 11.1. The maximum absolute atomic E-state index is 12.5. The van der Waals surface area contributed by atoms with Gasteiger partial charge in [-0.25, -0.2) is 0 Å². The van der Waals surface area contributed by atoms with Crippen LogP contribution in [0.1, 0.15) is 43.0 Å². The Morgan fingerprint density at radius 3 is 1.17 bits per heavy atom. The molecule has 0 unspecified atom stereocenters. The van der Waals surface area contributed by atoms with E-state index in [2.05, 4.69) is 0 Å². The molecule has 0 aliphatic carbocycles. The first-order valence-corrected chi connectivity index (χ1v) is 12.9. The Morgan fingerprint density at radius 2 is 0.861 bits per heavy atom. The highest BCUT2D eigenvalue weighted by molar-refractivity contribution is 7.85. The summed E-state index contributed by atoms with van der Waals surface area (Å²) in [6, 6.07) is 33.5. The first kappa shape index (κ1) is 26.7. The number of benzene rings is 4. The van der Waals surface area contributed by atoms with Crippen molar-refractivity contribution >= 4 is 21.7 Å². The molecule has 0 aromatic heterocycles. The van der Waals surface area contributed by atoms with Gasteiger partial charge in [-0.1, -0.05) is 109 Å². The molecule has 0 spiro atoms. The van der Waals surface area contributed by atoms with Crippen LogP contribution in [0.5, 0.6) is 0 Å². The Balaban J connectivity index is 0.000000658. The van der Waals surface area contributed by atoms with E-state index in [0.29, 0.717) is 41.7 Å². The Bertz CT molecular complexity index is 1280. The fourth-order valence-electron chi connectivity index (χ4n) is 3.30. The fraction of sp³-hybridized carbons (Fsp3) is 0.103. The minimum Gasteiger partial charge on any atom is -0.372 e. The first-order chi connectivity index (χ1) is 17.2. The van der Waals surface area contributed by atoms with Gasteiger partial charge in [-0.05, 0) is 11.1 Å². The van der Waals surface area contributed by atoms with Crippen LogP contribution in [0.25, 0.3) is 0 Å². The summed E-state index contributed by atoms with van der Waals surface area (Å²) in [6.45, 7) is 0.898. The lowest BCUT2D eigenvalue weighted by Gasteiger charge is -2.07. The third-order valence-corrected chi connectivity index (χ3v) is 5.04. The van der Waals surface area contributed by atoms with Gasteiger partial charge in [-0.15, -0.1) is 0 Å². The quantitative estimate of drug-likeness (QED) is 0.257. The largest absolute Gasteiger partial charge is 0.372 e. The third-order valence-electron chi connectivity index (χ3n) is 5.04. The average molecular weight is 503 g/mol. The lowest BCUT2D eigenvalue weighted by atomic mass is 10.0. The lowest BCUT2D eigenvalue weighted by molar-refractivity contribution is 0.103. The van der Waals surface area contributed by atoms with E-state index in [1.54, 1.807) is 0 Å². The zero-order valence-electron chi connectivity index (χ0n) is 19.7. The van der Waals surface area contributed by atoms with Crippen LogP contribution in [0, 0.1) is 0 Å².